The van der Waals surface area contributed by atoms with Gasteiger partial charge in [-0.05, 0) is 335 Å². The molecule has 0 nitrogen and oxygen atoms in total. The van der Waals surface area contributed by atoms with Crippen LogP contribution in [-0.4, -0.2) is 245 Å². The van der Waals surface area contributed by atoms with Gasteiger partial charge >= 0.3 is 0 Å². The van der Waals surface area contributed by atoms with Crippen LogP contribution in [-0.2, 0) is 0 Å². The second-order valence-electron chi connectivity index (χ2n) is 27.6. The number of rotatable bonds is 47. The third-order valence-corrected chi connectivity index (χ3v) is 44.8. The molecule has 0 spiro atoms. The van der Waals surface area contributed by atoms with Crippen LogP contribution in [0.2, 0.25) is 0 Å². The fraction of sp³-hybridized carbons (Fsp3) is 1.00. The Balaban J connectivity index is 7.83. The molecule has 0 saturated carbocycles. The van der Waals surface area contributed by atoms with Crippen molar-refractivity contribution in [1.29, 1.82) is 0 Å². The summed E-state index contributed by atoms with van der Waals surface area (Å²) in [6, 6.07) is 0. The van der Waals surface area contributed by atoms with Crippen molar-refractivity contribution in [3.8, 4) is 0 Å². The molecule has 0 fully saturated rings. The van der Waals surface area contributed by atoms with Gasteiger partial charge in [0.15, 0.2) is 0 Å². The van der Waals surface area contributed by atoms with E-state index in [4.69, 9.17) is 98.1 Å². The highest BCUT2D eigenvalue weighted by Gasteiger charge is 2.34. The lowest BCUT2D eigenvalue weighted by atomic mass is 9.81. The van der Waals surface area contributed by atoms with Gasteiger partial charge < -0.3 is 0 Å². The molecule has 0 aromatic heterocycles. The first-order valence-corrected chi connectivity index (χ1v) is 66.5. The van der Waals surface area contributed by atoms with E-state index >= 15 is 0 Å². The molecule has 0 aliphatic rings. The zero-order valence-electron chi connectivity index (χ0n) is 53.4. The van der Waals surface area contributed by atoms with Crippen molar-refractivity contribution in [2.45, 2.75) is 88.7 Å². The minimum Gasteiger partial charge on any atom is -0.244 e. The van der Waals surface area contributed by atoms with Gasteiger partial charge in [-0.1, -0.05) is 85.5 Å². The van der Waals surface area contributed by atoms with Crippen LogP contribution >= 0.6 is 212 Å². The summed E-state index contributed by atoms with van der Waals surface area (Å²) in [5, 5.41) is 0.377. The van der Waals surface area contributed by atoms with Crippen molar-refractivity contribution >= 4 is 212 Å². The standard InChI is InChI=1S/C56H130Cl8S13/c1-66(2,57)34-22-43-74(17,44-23-35-67(3,4)58)42-21-30-54(31-51-75(18,45-24-36-68(5,6)59)46-25-37-69(7,8)60)55(32-52-76(19,47-26-38-70(9,10)61)48-27-39-71(11,12)62)56(65)33-53-77(20,49-28-40-72(13,14)63)50-29-41-73(15,16)64/h54-56,65H,21-53H2,1-20H3. The van der Waals surface area contributed by atoms with Crippen LogP contribution in [0.3, 0.4) is 0 Å². The Morgan fingerprint density at radius 1 is 0.221 bits per heavy atom. The van der Waals surface area contributed by atoms with Gasteiger partial charge in [0.1, 0.15) is 0 Å². The maximum Gasteiger partial charge on any atom is 0.00553 e. The summed E-state index contributed by atoms with van der Waals surface area (Å²) >= 11 is 5.99. The molecule has 77 heavy (non-hydrogen) atoms. The van der Waals surface area contributed by atoms with E-state index in [1.54, 1.807) is 0 Å². The number of halogens is 8. The summed E-state index contributed by atoms with van der Waals surface area (Å²) in [6.45, 7) is 0. The fourth-order valence-corrected chi connectivity index (χ4v) is 34.7. The lowest BCUT2D eigenvalue weighted by molar-refractivity contribution is 0.286. The zero-order chi connectivity index (χ0) is 60.1. The predicted molar refractivity (Wildman–Crippen MR) is 434 cm³/mol. The highest BCUT2D eigenvalue weighted by molar-refractivity contribution is 8.52. The predicted octanol–water partition coefficient (Wildman–Crippen LogP) is 23.1. The van der Waals surface area contributed by atoms with Gasteiger partial charge in [-0.25, -0.2) is 40.1 Å². The van der Waals surface area contributed by atoms with Crippen LogP contribution in [0.4, 0.5) is 0 Å². The monoisotopic (exact) mass is 1500 g/mol. The Hall–Kier alpha value is 6.87. The molecule has 3 unspecified atom stereocenters. The molecule has 0 aliphatic heterocycles. The SMILES string of the molecule is CS(C)(Cl)CCCS(C)(CCCC(CCS(C)(CCCS(C)(C)Cl)CCCS(C)(C)Cl)C(CCS(C)(CCCS(C)(C)Cl)CCCS(C)(C)Cl)C(S)CCS(C)(CCCS(C)(C)Cl)CCCS(C)(C)Cl)CCCS(C)(C)Cl. The Labute approximate surface area is 545 Å². The minimum atomic E-state index is -1.07. The van der Waals surface area contributed by atoms with Gasteiger partial charge in [-0.15, -0.1) is 0 Å². The summed E-state index contributed by atoms with van der Waals surface area (Å²) in [7, 11) is 43.9. The first-order chi connectivity index (χ1) is 34.4. The number of hydrogen-bond donors (Lipinski definition) is 1. The van der Waals surface area contributed by atoms with Gasteiger partial charge in [0.2, 0.25) is 0 Å². The third-order valence-electron chi connectivity index (χ3n) is 15.3. The molecule has 0 aromatic carbocycles. The van der Waals surface area contributed by atoms with Gasteiger partial charge in [0.05, 0.1) is 0 Å². The summed E-state index contributed by atoms with van der Waals surface area (Å²) in [6.07, 6.45) is 63.8. The summed E-state index contributed by atoms with van der Waals surface area (Å²) < 4.78 is 0. The molecule has 0 aliphatic carbocycles. The molecule has 0 bridgehead atoms. The van der Waals surface area contributed by atoms with E-state index < -0.39 is 114 Å². The molecule has 0 rings (SSSR count). The van der Waals surface area contributed by atoms with Crippen LogP contribution in [0.5, 0.6) is 0 Å². The Morgan fingerprint density at radius 3 is 0.623 bits per heavy atom. The van der Waals surface area contributed by atoms with Crippen molar-refractivity contribution in [1.82, 2.24) is 0 Å². The maximum absolute atomic E-state index is 7.01. The molecule has 488 valence electrons. The van der Waals surface area contributed by atoms with Crippen LogP contribution in [0.25, 0.3) is 0 Å². The van der Waals surface area contributed by atoms with Crippen molar-refractivity contribution in [2.75, 3.05) is 240 Å². The van der Waals surface area contributed by atoms with E-state index in [1.165, 1.54) is 153 Å². The summed E-state index contributed by atoms with van der Waals surface area (Å²) in [5.74, 6) is 26.5. The van der Waals surface area contributed by atoms with Crippen molar-refractivity contribution < 1.29 is 0 Å². The lowest BCUT2D eigenvalue weighted by Crippen LogP contribution is -2.31. The van der Waals surface area contributed by atoms with Crippen LogP contribution in [0, 0.1) is 11.8 Å². The summed E-state index contributed by atoms with van der Waals surface area (Å²) in [5.41, 5.74) is 0. The smallest absolute Gasteiger partial charge is 0.00553 e. The molecular weight excluding hydrogens is 1370 g/mol. The van der Waals surface area contributed by atoms with E-state index in [0.29, 0.717) is 17.1 Å². The minimum absolute atomic E-state index is 0.377. The summed E-state index contributed by atoms with van der Waals surface area (Å²) in [4.78, 5) is 0. The maximum atomic E-state index is 7.01. The van der Waals surface area contributed by atoms with Crippen LogP contribution < -0.4 is 0 Å². The second-order valence-corrected chi connectivity index (χ2v) is 90.7. The van der Waals surface area contributed by atoms with E-state index in [-0.39, 0.29) is 0 Å². The van der Waals surface area contributed by atoms with Gasteiger partial charge in [-0.3, -0.25) is 0 Å². The molecule has 0 amide bonds. The average molecular weight is 1500 g/mol. The Kier molecular flexibility index (Phi) is 41.4. The average Bonchev–Trinajstić information content (AvgIpc) is 3.18. The highest BCUT2D eigenvalue weighted by atomic mass is 35.7. The first kappa shape index (κ1) is 83.9. The van der Waals surface area contributed by atoms with Crippen LogP contribution in [0.1, 0.15) is 83.5 Å². The van der Waals surface area contributed by atoms with E-state index in [9.17, 15) is 0 Å². The second kappa shape index (κ2) is 38.0. The molecule has 0 radical (unpaired) electrons. The van der Waals surface area contributed by atoms with Gasteiger partial charge in [0, 0.05) is 5.25 Å². The largest absolute Gasteiger partial charge is 0.244 e. The lowest BCUT2D eigenvalue weighted by Gasteiger charge is -2.44. The molecule has 0 N–H and O–H groups in total. The Morgan fingerprint density at radius 2 is 0.403 bits per heavy atom. The van der Waals surface area contributed by atoms with E-state index in [1.807, 2.05) is 0 Å². The van der Waals surface area contributed by atoms with Gasteiger partial charge in [0.25, 0.3) is 0 Å². The van der Waals surface area contributed by atoms with Gasteiger partial charge in [-0.2, -0.15) is 86.6 Å². The molecule has 21 heteroatoms. The fourth-order valence-electron chi connectivity index (χ4n) is 10.7. The first-order valence-electron chi connectivity index (χ1n) is 28.2. The normalized spacial score (nSPS) is 18.4. The third kappa shape index (κ3) is 50.2. The van der Waals surface area contributed by atoms with Crippen molar-refractivity contribution in [3.63, 3.8) is 0 Å². The molecule has 0 aromatic rings. The molecule has 0 saturated heterocycles. The quantitative estimate of drug-likeness (QED) is 0.0577. The van der Waals surface area contributed by atoms with Crippen LogP contribution in [0.15, 0.2) is 0 Å². The number of thiol groups is 1. The van der Waals surface area contributed by atoms with Crippen molar-refractivity contribution in [2.24, 2.45) is 11.8 Å². The molecular formula is C56H130Cl8S13. The van der Waals surface area contributed by atoms with Crippen molar-refractivity contribution in [3.05, 3.63) is 0 Å². The number of hydrogen-bond acceptors (Lipinski definition) is 1. The van der Waals surface area contributed by atoms with E-state index in [2.05, 4.69) is 125 Å². The zero-order valence-corrected chi connectivity index (χ0v) is 70.2. The Bertz CT molecular complexity index is 1480. The van der Waals surface area contributed by atoms with E-state index in [0.717, 1.165) is 46.0 Å². The molecule has 3 atom stereocenters. The molecule has 0 heterocycles. The topological polar surface area (TPSA) is 0 Å². The highest BCUT2D eigenvalue weighted by Crippen LogP contribution is 2.59.